The number of rotatable bonds is 9. The van der Waals surface area contributed by atoms with Crippen molar-refractivity contribution in [3.8, 4) is 17.3 Å². The molecule has 1 aliphatic carbocycles. The lowest BCUT2D eigenvalue weighted by Crippen LogP contribution is -2.45. The fraction of sp³-hybridized carbons (Fsp3) is 0.452. The standard InChI is InChI=1S/C31H35FN6O3/c1-36-25-11-19-8-10-37(16-22(33)14-32)31(40)23(19)13-24(25)35-29(36)26-12-20-3-2-4-27(28(20)38(26)15-18-5-6-18)41-17-21-7-9-34-30(21)39/h2-4,11-13,18,21-22H,5-10,14-17,33H2,1H3,(H,34,39)/t21?,22-/m1/s1. The monoisotopic (exact) mass is 558 g/mol. The Bertz CT molecular complexity index is 1670. The van der Waals surface area contributed by atoms with Gasteiger partial charge in [0.15, 0.2) is 5.82 Å². The molecule has 7 rings (SSSR count). The van der Waals surface area contributed by atoms with E-state index in [1.807, 2.05) is 25.2 Å². The molecule has 2 aliphatic heterocycles. The number of aromatic nitrogens is 3. The number of nitrogens with zero attached hydrogens (tertiary/aromatic N) is 4. The maximum Gasteiger partial charge on any atom is 0.254 e. The number of ether oxygens (including phenoxy) is 1. The van der Waals surface area contributed by atoms with Crippen LogP contribution in [0.2, 0.25) is 0 Å². The number of carbonyl (C=O) groups excluding carboxylic acids is 2. The summed E-state index contributed by atoms with van der Waals surface area (Å²) in [7, 11) is 2.02. The number of hydrogen-bond acceptors (Lipinski definition) is 5. The number of imidazole rings is 1. The Morgan fingerprint density at radius 3 is 2.80 bits per heavy atom. The van der Waals surface area contributed by atoms with E-state index in [1.54, 1.807) is 4.90 Å². The molecule has 214 valence electrons. The van der Waals surface area contributed by atoms with Crippen molar-refractivity contribution in [2.75, 3.05) is 32.9 Å². The Balaban J connectivity index is 1.28. The summed E-state index contributed by atoms with van der Waals surface area (Å²) in [4.78, 5) is 32.1. The second-order valence-electron chi connectivity index (χ2n) is 11.8. The number of hydrogen-bond donors (Lipinski definition) is 2. The van der Waals surface area contributed by atoms with Crippen LogP contribution in [-0.4, -0.2) is 69.8 Å². The number of carbonyl (C=O) groups is 2. The lowest BCUT2D eigenvalue weighted by atomic mass is 9.97. The maximum atomic E-state index is 13.3. The number of fused-ring (bicyclic) bond motifs is 3. The molecule has 9 nitrogen and oxygen atoms in total. The highest BCUT2D eigenvalue weighted by atomic mass is 19.1. The normalized spacial score (nSPS) is 19.7. The van der Waals surface area contributed by atoms with Gasteiger partial charge in [0, 0.05) is 44.2 Å². The average Bonchev–Trinajstić information content (AvgIpc) is 3.46. The predicted octanol–water partition coefficient (Wildman–Crippen LogP) is 3.42. The zero-order valence-corrected chi connectivity index (χ0v) is 23.2. The summed E-state index contributed by atoms with van der Waals surface area (Å²) < 4.78 is 23.7. The molecule has 4 heterocycles. The van der Waals surface area contributed by atoms with Crippen LogP contribution in [0.3, 0.4) is 0 Å². The molecular weight excluding hydrogens is 523 g/mol. The molecular formula is C31H35FN6O3. The topological polar surface area (TPSA) is 107 Å². The van der Waals surface area contributed by atoms with Crippen molar-refractivity contribution in [2.45, 2.75) is 38.3 Å². The molecule has 1 unspecified atom stereocenters. The molecule has 1 saturated heterocycles. The van der Waals surface area contributed by atoms with Gasteiger partial charge in [-0.25, -0.2) is 9.37 Å². The van der Waals surface area contributed by atoms with Crippen LogP contribution in [0, 0.1) is 11.8 Å². The van der Waals surface area contributed by atoms with Gasteiger partial charge < -0.3 is 29.8 Å². The third-order valence-electron chi connectivity index (χ3n) is 8.78. The van der Waals surface area contributed by atoms with Crippen molar-refractivity contribution in [1.29, 1.82) is 0 Å². The van der Waals surface area contributed by atoms with Crippen molar-refractivity contribution < 1.29 is 18.7 Å². The van der Waals surface area contributed by atoms with E-state index < -0.39 is 12.7 Å². The van der Waals surface area contributed by atoms with Gasteiger partial charge >= 0.3 is 0 Å². The van der Waals surface area contributed by atoms with Crippen molar-refractivity contribution in [3.05, 3.63) is 47.5 Å². The number of nitrogens with two attached hydrogens (primary N) is 1. The molecule has 0 spiro atoms. The van der Waals surface area contributed by atoms with Crippen molar-refractivity contribution in [2.24, 2.45) is 24.6 Å². The lowest BCUT2D eigenvalue weighted by Gasteiger charge is -2.30. The van der Waals surface area contributed by atoms with Gasteiger partial charge in [-0.15, -0.1) is 0 Å². The maximum absolute atomic E-state index is 13.3. The van der Waals surface area contributed by atoms with Gasteiger partial charge in [0.1, 0.15) is 12.4 Å². The first kappa shape index (κ1) is 26.0. The molecule has 1 saturated carbocycles. The van der Waals surface area contributed by atoms with E-state index in [0.29, 0.717) is 37.6 Å². The van der Waals surface area contributed by atoms with Gasteiger partial charge in [-0.3, -0.25) is 9.59 Å². The van der Waals surface area contributed by atoms with E-state index in [-0.39, 0.29) is 24.3 Å². The SMILES string of the molecule is Cn1c(-c2cc3cccc(OCC4CCNC4=O)c3n2CC2CC2)nc2cc3c(cc21)CCN(C[C@H](N)CF)C3=O. The van der Waals surface area contributed by atoms with Gasteiger partial charge in [-0.05, 0) is 61.4 Å². The highest BCUT2D eigenvalue weighted by Crippen LogP contribution is 2.39. The van der Waals surface area contributed by atoms with E-state index in [9.17, 15) is 14.0 Å². The van der Waals surface area contributed by atoms with Crippen LogP contribution < -0.4 is 15.8 Å². The predicted molar refractivity (Wildman–Crippen MR) is 155 cm³/mol. The number of para-hydroxylation sites is 1. The minimum absolute atomic E-state index is 0.0560. The van der Waals surface area contributed by atoms with E-state index >= 15 is 0 Å². The molecule has 2 amide bonds. The second kappa shape index (κ2) is 10.2. The van der Waals surface area contributed by atoms with Crippen LogP contribution in [0.15, 0.2) is 36.4 Å². The summed E-state index contributed by atoms with van der Waals surface area (Å²) in [5.74, 6) is 2.02. The van der Waals surface area contributed by atoms with Crippen molar-refractivity contribution >= 4 is 33.8 Å². The first-order chi connectivity index (χ1) is 19.9. The fourth-order valence-electron chi connectivity index (χ4n) is 6.28. The van der Waals surface area contributed by atoms with Crippen molar-refractivity contribution in [3.63, 3.8) is 0 Å². The zero-order chi connectivity index (χ0) is 28.2. The number of alkyl halides is 1. The van der Waals surface area contributed by atoms with Crippen LogP contribution in [0.1, 0.15) is 35.2 Å². The van der Waals surface area contributed by atoms with Gasteiger partial charge in [0.2, 0.25) is 5.91 Å². The molecule has 2 fully saturated rings. The fourth-order valence-corrected chi connectivity index (χ4v) is 6.28. The Morgan fingerprint density at radius 2 is 2.05 bits per heavy atom. The smallest absolute Gasteiger partial charge is 0.254 e. The molecule has 2 aromatic carbocycles. The average molecular weight is 559 g/mol. The molecule has 2 atom stereocenters. The second-order valence-corrected chi connectivity index (χ2v) is 11.8. The minimum atomic E-state index is -0.678. The van der Waals surface area contributed by atoms with Crippen LogP contribution in [0.4, 0.5) is 4.39 Å². The Labute approximate surface area is 237 Å². The van der Waals surface area contributed by atoms with Crippen LogP contribution in [-0.2, 0) is 24.8 Å². The van der Waals surface area contributed by atoms with Crippen LogP contribution in [0.5, 0.6) is 5.75 Å². The van der Waals surface area contributed by atoms with Gasteiger partial charge in [0.25, 0.3) is 5.91 Å². The lowest BCUT2D eigenvalue weighted by molar-refractivity contribution is -0.123. The zero-order valence-electron chi connectivity index (χ0n) is 23.2. The summed E-state index contributed by atoms with van der Waals surface area (Å²) in [5, 5.41) is 3.96. The van der Waals surface area contributed by atoms with E-state index in [1.165, 1.54) is 12.8 Å². The van der Waals surface area contributed by atoms with E-state index in [0.717, 1.165) is 57.7 Å². The third-order valence-corrected chi connectivity index (χ3v) is 8.78. The third kappa shape index (κ3) is 4.64. The summed E-state index contributed by atoms with van der Waals surface area (Å²) in [6.07, 6.45) is 3.88. The molecule has 2 aromatic heterocycles. The summed E-state index contributed by atoms with van der Waals surface area (Å²) in [6, 6.07) is 11.5. The van der Waals surface area contributed by atoms with Crippen LogP contribution in [0.25, 0.3) is 33.5 Å². The number of benzene rings is 2. The number of halogens is 1. The molecule has 0 radical (unpaired) electrons. The molecule has 10 heteroatoms. The number of nitrogens with one attached hydrogen (secondary N) is 1. The largest absolute Gasteiger partial charge is 0.491 e. The summed E-state index contributed by atoms with van der Waals surface area (Å²) in [6.45, 7) is 1.99. The first-order valence-corrected chi connectivity index (χ1v) is 14.5. The quantitative estimate of drug-likeness (QED) is 0.328. The molecule has 3 N–H and O–H groups in total. The summed E-state index contributed by atoms with van der Waals surface area (Å²) in [5.41, 5.74) is 11.1. The highest BCUT2D eigenvalue weighted by Gasteiger charge is 2.30. The van der Waals surface area contributed by atoms with E-state index in [2.05, 4.69) is 32.7 Å². The highest BCUT2D eigenvalue weighted by molar-refractivity contribution is 6.01. The number of amides is 2. The minimum Gasteiger partial charge on any atom is -0.491 e. The van der Waals surface area contributed by atoms with Gasteiger partial charge in [0.05, 0.1) is 40.8 Å². The number of aryl methyl sites for hydroxylation is 1. The van der Waals surface area contributed by atoms with Crippen molar-refractivity contribution in [1.82, 2.24) is 24.3 Å². The molecule has 3 aliphatic rings. The van der Waals surface area contributed by atoms with E-state index in [4.69, 9.17) is 15.5 Å². The molecule has 4 aromatic rings. The van der Waals surface area contributed by atoms with Gasteiger partial charge in [-0.2, -0.15) is 0 Å². The van der Waals surface area contributed by atoms with Crippen LogP contribution >= 0.6 is 0 Å². The Morgan fingerprint density at radius 1 is 1.20 bits per heavy atom. The first-order valence-electron chi connectivity index (χ1n) is 14.5. The Hall–Kier alpha value is -3.92. The van der Waals surface area contributed by atoms with Gasteiger partial charge in [-0.1, -0.05) is 12.1 Å². The summed E-state index contributed by atoms with van der Waals surface area (Å²) >= 11 is 0. The molecule has 41 heavy (non-hydrogen) atoms. The molecule has 0 bridgehead atoms. The Kier molecular flexibility index (Phi) is 6.45.